The highest BCUT2D eigenvalue weighted by Crippen LogP contribution is 2.22. The van der Waals surface area contributed by atoms with Crippen LogP contribution in [0.5, 0.6) is 0 Å². The topological polar surface area (TPSA) is 76.0 Å². The molecule has 3 rings (SSSR count). The zero-order chi connectivity index (χ0) is 18.7. The molecular formula is C20H20N4O2. The summed E-state index contributed by atoms with van der Waals surface area (Å²) in [7, 11) is 0. The Labute approximate surface area is 151 Å². The van der Waals surface area contributed by atoms with Crippen molar-refractivity contribution in [3.8, 4) is 5.69 Å². The van der Waals surface area contributed by atoms with E-state index in [0.29, 0.717) is 16.9 Å². The van der Waals surface area contributed by atoms with Crippen LogP contribution in [0.3, 0.4) is 0 Å². The zero-order valence-electron chi connectivity index (χ0n) is 14.9. The van der Waals surface area contributed by atoms with Crippen molar-refractivity contribution in [1.82, 2.24) is 9.78 Å². The number of amides is 2. The van der Waals surface area contributed by atoms with E-state index in [2.05, 4.69) is 15.7 Å². The molecule has 132 valence electrons. The number of para-hydroxylation sites is 2. The Bertz CT molecular complexity index is 958. The van der Waals surface area contributed by atoms with Crippen molar-refractivity contribution < 1.29 is 9.59 Å². The number of aryl methyl sites for hydroxylation is 2. The molecule has 2 aromatic carbocycles. The summed E-state index contributed by atoms with van der Waals surface area (Å²) >= 11 is 0. The van der Waals surface area contributed by atoms with Gasteiger partial charge in [-0.1, -0.05) is 12.1 Å². The van der Waals surface area contributed by atoms with E-state index in [1.165, 1.54) is 6.92 Å². The fraction of sp³-hybridized carbons (Fsp3) is 0.150. The van der Waals surface area contributed by atoms with Crippen molar-refractivity contribution in [2.45, 2.75) is 20.8 Å². The molecule has 0 fully saturated rings. The molecule has 0 saturated heterocycles. The summed E-state index contributed by atoms with van der Waals surface area (Å²) < 4.78 is 1.81. The SMILES string of the molecule is CC(=O)Nc1ccc(C(=O)Nc2ccccc2-n2nc(C)cc2C)cc1. The number of nitrogens with one attached hydrogen (secondary N) is 2. The van der Waals surface area contributed by atoms with Gasteiger partial charge in [0.25, 0.3) is 5.91 Å². The molecular weight excluding hydrogens is 328 g/mol. The fourth-order valence-electron chi connectivity index (χ4n) is 2.74. The molecule has 0 bridgehead atoms. The van der Waals surface area contributed by atoms with Gasteiger partial charge < -0.3 is 10.6 Å². The molecule has 0 unspecified atom stereocenters. The second-order valence-corrected chi connectivity index (χ2v) is 6.07. The average Bonchev–Trinajstić information content (AvgIpc) is 2.93. The van der Waals surface area contributed by atoms with Gasteiger partial charge in [-0.25, -0.2) is 4.68 Å². The van der Waals surface area contributed by atoms with Crippen molar-refractivity contribution >= 4 is 23.2 Å². The van der Waals surface area contributed by atoms with Gasteiger partial charge in [0.1, 0.15) is 0 Å². The van der Waals surface area contributed by atoms with Gasteiger partial charge >= 0.3 is 0 Å². The highest BCUT2D eigenvalue weighted by molar-refractivity contribution is 6.05. The van der Waals surface area contributed by atoms with Crippen LogP contribution in [0.25, 0.3) is 5.69 Å². The number of rotatable bonds is 4. The Kier molecular flexibility index (Phi) is 4.84. The fourth-order valence-corrected chi connectivity index (χ4v) is 2.74. The number of carbonyl (C=O) groups is 2. The van der Waals surface area contributed by atoms with Gasteiger partial charge in [0, 0.05) is 23.9 Å². The maximum atomic E-state index is 12.6. The van der Waals surface area contributed by atoms with Gasteiger partial charge in [0.15, 0.2) is 0 Å². The van der Waals surface area contributed by atoms with Crippen LogP contribution in [-0.4, -0.2) is 21.6 Å². The van der Waals surface area contributed by atoms with Gasteiger partial charge in [-0.15, -0.1) is 0 Å². The minimum absolute atomic E-state index is 0.152. The van der Waals surface area contributed by atoms with Crippen LogP contribution >= 0.6 is 0 Å². The zero-order valence-corrected chi connectivity index (χ0v) is 14.9. The Morgan fingerprint density at radius 3 is 2.27 bits per heavy atom. The molecule has 2 N–H and O–H groups in total. The normalized spacial score (nSPS) is 10.4. The highest BCUT2D eigenvalue weighted by atomic mass is 16.2. The first-order chi connectivity index (χ1) is 12.4. The Morgan fingerprint density at radius 2 is 1.65 bits per heavy atom. The number of nitrogens with zero attached hydrogens (tertiary/aromatic N) is 2. The van der Waals surface area contributed by atoms with Crippen LogP contribution in [0, 0.1) is 13.8 Å². The van der Waals surface area contributed by atoms with Gasteiger partial charge in [-0.2, -0.15) is 5.10 Å². The molecule has 0 aliphatic heterocycles. The molecule has 6 nitrogen and oxygen atoms in total. The number of hydrogen-bond donors (Lipinski definition) is 2. The third-order valence-corrected chi connectivity index (χ3v) is 3.86. The lowest BCUT2D eigenvalue weighted by atomic mass is 10.1. The largest absolute Gasteiger partial charge is 0.326 e. The van der Waals surface area contributed by atoms with E-state index in [1.54, 1.807) is 24.3 Å². The van der Waals surface area contributed by atoms with Gasteiger partial charge in [-0.05, 0) is 56.3 Å². The van der Waals surface area contributed by atoms with Crippen LogP contribution in [0.2, 0.25) is 0 Å². The predicted molar refractivity (Wildman–Crippen MR) is 102 cm³/mol. The van der Waals surface area contributed by atoms with Gasteiger partial charge in [0.2, 0.25) is 5.91 Å². The third-order valence-electron chi connectivity index (χ3n) is 3.86. The first-order valence-electron chi connectivity index (χ1n) is 8.26. The molecule has 0 spiro atoms. The molecule has 1 heterocycles. The summed E-state index contributed by atoms with van der Waals surface area (Å²) in [6, 6.07) is 16.3. The minimum Gasteiger partial charge on any atom is -0.326 e. The van der Waals surface area contributed by atoms with Crippen LogP contribution in [0.4, 0.5) is 11.4 Å². The van der Waals surface area contributed by atoms with Crippen LogP contribution < -0.4 is 10.6 Å². The van der Waals surface area contributed by atoms with Crippen LogP contribution in [0.15, 0.2) is 54.6 Å². The smallest absolute Gasteiger partial charge is 0.255 e. The average molecular weight is 348 g/mol. The molecule has 26 heavy (non-hydrogen) atoms. The first-order valence-corrected chi connectivity index (χ1v) is 8.26. The second-order valence-electron chi connectivity index (χ2n) is 6.07. The third kappa shape index (κ3) is 3.80. The summed E-state index contributed by atoms with van der Waals surface area (Å²) in [6.07, 6.45) is 0. The van der Waals surface area contributed by atoms with E-state index in [0.717, 1.165) is 17.1 Å². The molecule has 3 aromatic rings. The molecule has 0 atom stereocenters. The minimum atomic E-state index is -0.228. The van der Waals surface area contributed by atoms with Crippen molar-refractivity contribution in [2.75, 3.05) is 10.6 Å². The summed E-state index contributed by atoms with van der Waals surface area (Å²) in [5.74, 6) is -0.380. The molecule has 0 radical (unpaired) electrons. The van der Waals surface area contributed by atoms with Crippen molar-refractivity contribution in [1.29, 1.82) is 0 Å². The number of aromatic nitrogens is 2. The molecule has 0 saturated carbocycles. The lowest BCUT2D eigenvalue weighted by Gasteiger charge is -2.12. The highest BCUT2D eigenvalue weighted by Gasteiger charge is 2.12. The molecule has 0 aliphatic rings. The lowest BCUT2D eigenvalue weighted by Crippen LogP contribution is -2.14. The summed E-state index contributed by atoms with van der Waals surface area (Å²) in [5.41, 5.74) is 4.54. The summed E-state index contributed by atoms with van der Waals surface area (Å²) in [6.45, 7) is 5.34. The maximum absolute atomic E-state index is 12.6. The molecule has 1 aromatic heterocycles. The number of benzene rings is 2. The van der Waals surface area contributed by atoms with E-state index in [9.17, 15) is 9.59 Å². The second kappa shape index (κ2) is 7.23. The standard InChI is InChI=1S/C20H20N4O2/c1-13-12-14(2)24(23-13)19-7-5-4-6-18(19)22-20(26)16-8-10-17(11-9-16)21-15(3)25/h4-12H,1-3H3,(H,21,25)(H,22,26). The number of hydrogen-bond acceptors (Lipinski definition) is 3. The number of anilines is 2. The van der Waals surface area contributed by atoms with Crippen molar-refractivity contribution in [3.05, 3.63) is 71.5 Å². The van der Waals surface area contributed by atoms with Crippen molar-refractivity contribution in [3.63, 3.8) is 0 Å². The number of carbonyl (C=O) groups excluding carboxylic acids is 2. The van der Waals surface area contributed by atoms with E-state index < -0.39 is 0 Å². The Balaban J connectivity index is 1.84. The van der Waals surface area contributed by atoms with Gasteiger partial charge in [0.05, 0.1) is 17.1 Å². The first kappa shape index (κ1) is 17.4. The van der Waals surface area contributed by atoms with Crippen LogP contribution in [-0.2, 0) is 4.79 Å². The predicted octanol–water partition coefficient (Wildman–Crippen LogP) is 3.70. The molecule has 6 heteroatoms. The quantitative estimate of drug-likeness (QED) is 0.755. The van der Waals surface area contributed by atoms with E-state index >= 15 is 0 Å². The van der Waals surface area contributed by atoms with E-state index in [4.69, 9.17) is 0 Å². The Hall–Kier alpha value is -3.41. The van der Waals surface area contributed by atoms with E-state index in [1.807, 2.05) is 48.9 Å². The molecule has 0 aliphatic carbocycles. The maximum Gasteiger partial charge on any atom is 0.255 e. The van der Waals surface area contributed by atoms with Gasteiger partial charge in [-0.3, -0.25) is 9.59 Å². The summed E-state index contributed by atoms with van der Waals surface area (Å²) in [4.78, 5) is 23.7. The monoisotopic (exact) mass is 348 g/mol. The Morgan fingerprint density at radius 1 is 0.962 bits per heavy atom. The van der Waals surface area contributed by atoms with E-state index in [-0.39, 0.29) is 11.8 Å². The lowest BCUT2D eigenvalue weighted by molar-refractivity contribution is -0.114. The summed E-state index contributed by atoms with van der Waals surface area (Å²) in [5, 5.41) is 10.1. The van der Waals surface area contributed by atoms with Crippen LogP contribution in [0.1, 0.15) is 28.7 Å². The molecule has 2 amide bonds. The van der Waals surface area contributed by atoms with Crippen molar-refractivity contribution in [2.24, 2.45) is 0 Å².